The molecule has 1 aromatic heterocycles. The van der Waals surface area contributed by atoms with Crippen LogP contribution in [0.15, 0.2) is 91.0 Å². The third-order valence-corrected chi connectivity index (χ3v) is 5.24. The second-order valence-corrected chi connectivity index (χ2v) is 7.77. The maximum Gasteiger partial charge on any atom is 0.231 e. The van der Waals surface area contributed by atoms with Crippen LogP contribution in [0, 0.1) is 6.92 Å². The van der Waals surface area contributed by atoms with Gasteiger partial charge in [0.05, 0.1) is 5.92 Å². The van der Waals surface area contributed by atoms with Crippen LogP contribution in [0.25, 0.3) is 0 Å². The first kappa shape index (κ1) is 22.0. The Morgan fingerprint density at radius 3 is 2.06 bits per heavy atom. The summed E-state index contributed by atoms with van der Waals surface area (Å²) >= 11 is 0. The number of nitrogens with zero attached hydrogens (tertiary/aromatic N) is 2. The molecule has 6 nitrogen and oxygen atoms in total. The molecule has 0 radical (unpaired) electrons. The van der Waals surface area contributed by atoms with Crippen molar-refractivity contribution in [3.05, 3.63) is 102 Å². The monoisotopic (exact) mass is 437 g/mol. The zero-order chi connectivity index (χ0) is 23.0. The van der Waals surface area contributed by atoms with Gasteiger partial charge in [0.1, 0.15) is 5.82 Å². The summed E-state index contributed by atoms with van der Waals surface area (Å²) in [6, 6.07) is 29.2. The maximum atomic E-state index is 12.8. The molecule has 0 bridgehead atoms. The van der Waals surface area contributed by atoms with E-state index in [1.54, 1.807) is 0 Å². The van der Waals surface area contributed by atoms with E-state index in [1.807, 2.05) is 105 Å². The highest BCUT2D eigenvalue weighted by molar-refractivity contribution is 5.96. The summed E-state index contributed by atoms with van der Waals surface area (Å²) in [7, 11) is 0. The van der Waals surface area contributed by atoms with Gasteiger partial charge in [0.15, 0.2) is 0 Å². The molecule has 0 aliphatic carbocycles. The summed E-state index contributed by atoms with van der Waals surface area (Å²) in [5.41, 5.74) is 4.41. The zero-order valence-corrected chi connectivity index (χ0v) is 18.7. The Bertz CT molecular complexity index is 1190. The summed E-state index contributed by atoms with van der Waals surface area (Å²) in [6.07, 6.45) is 0.736. The molecular formula is C27H27N5O. The topological polar surface area (TPSA) is 78.9 Å². The molecule has 4 rings (SSSR count). The van der Waals surface area contributed by atoms with E-state index in [1.165, 1.54) is 0 Å². The molecule has 0 saturated carbocycles. The highest BCUT2D eigenvalue weighted by Crippen LogP contribution is 2.23. The van der Waals surface area contributed by atoms with E-state index >= 15 is 0 Å². The van der Waals surface area contributed by atoms with Crippen molar-refractivity contribution in [1.82, 2.24) is 9.97 Å². The normalized spacial score (nSPS) is 11.5. The smallest absolute Gasteiger partial charge is 0.231 e. The zero-order valence-electron chi connectivity index (χ0n) is 18.7. The van der Waals surface area contributed by atoms with E-state index in [4.69, 9.17) is 0 Å². The minimum Gasteiger partial charge on any atom is -0.340 e. The molecule has 6 heteroatoms. The molecule has 33 heavy (non-hydrogen) atoms. The minimum atomic E-state index is -0.180. The largest absolute Gasteiger partial charge is 0.340 e. The molecule has 0 fully saturated rings. The minimum absolute atomic E-state index is 0.0111. The molecule has 1 heterocycles. The lowest BCUT2D eigenvalue weighted by atomic mass is 9.95. The molecule has 0 spiro atoms. The standard InChI is InChI=1S/C27H27N5O/c1-3-24(20-10-6-4-7-11-20)26(33)30-22-14-16-23(17-15-22)31-27-28-19(2)18-25(32-27)29-21-12-8-5-9-13-21/h4-18,24H,3H2,1-2H3,(H,30,33)(H2,28,29,31,32)/t24-/m1/s1. The number of aromatic nitrogens is 2. The second kappa shape index (κ2) is 10.4. The van der Waals surface area contributed by atoms with Crippen molar-refractivity contribution in [2.75, 3.05) is 16.0 Å². The number of nitrogens with one attached hydrogen (secondary N) is 3. The number of amides is 1. The van der Waals surface area contributed by atoms with E-state index in [9.17, 15) is 4.79 Å². The van der Waals surface area contributed by atoms with E-state index < -0.39 is 0 Å². The molecule has 4 aromatic rings. The number of benzene rings is 3. The van der Waals surface area contributed by atoms with E-state index in [-0.39, 0.29) is 11.8 Å². The van der Waals surface area contributed by atoms with Gasteiger partial charge in [-0.2, -0.15) is 4.98 Å². The van der Waals surface area contributed by atoms with Crippen molar-refractivity contribution >= 4 is 34.7 Å². The average molecular weight is 438 g/mol. The fourth-order valence-corrected chi connectivity index (χ4v) is 3.61. The van der Waals surface area contributed by atoms with Crippen molar-refractivity contribution in [2.24, 2.45) is 0 Å². The van der Waals surface area contributed by atoms with Crippen LogP contribution in [0.4, 0.5) is 28.8 Å². The van der Waals surface area contributed by atoms with Gasteiger partial charge < -0.3 is 16.0 Å². The van der Waals surface area contributed by atoms with Gasteiger partial charge in [-0.1, -0.05) is 55.5 Å². The molecule has 3 aromatic carbocycles. The highest BCUT2D eigenvalue weighted by atomic mass is 16.1. The predicted molar refractivity (Wildman–Crippen MR) is 134 cm³/mol. The second-order valence-electron chi connectivity index (χ2n) is 7.77. The highest BCUT2D eigenvalue weighted by Gasteiger charge is 2.18. The number of aryl methyl sites for hydroxylation is 1. The lowest BCUT2D eigenvalue weighted by molar-refractivity contribution is -0.117. The molecule has 0 unspecified atom stereocenters. The quantitative estimate of drug-likeness (QED) is 0.297. The predicted octanol–water partition coefficient (Wildman–Crippen LogP) is 6.40. The number of para-hydroxylation sites is 1. The number of carbonyl (C=O) groups is 1. The summed E-state index contributed by atoms with van der Waals surface area (Å²) < 4.78 is 0. The first-order valence-corrected chi connectivity index (χ1v) is 11.0. The van der Waals surface area contributed by atoms with Crippen molar-refractivity contribution in [2.45, 2.75) is 26.2 Å². The Balaban J connectivity index is 1.42. The van der Waals surface area contributed by atoms with Gasteiger partial charge in [-0.25, -0.2) is 4.98 Å². The van der Waals surface area contributed by atoms with E-state index in [2.05, 4.69) is 25.9 Å². The van der Waals surface area contributed by atoms with Crippen LogP contribution in [0.5, 0.6) is 0 Å². The summed E-state index contributed by atoms with van der Waals surface area (Å²) in [4.78, 5) is 21.8. The van der Waals surface area contributed by atoms with Gasteiger partial charge in [0, 0.05) is 28.8 Å². The molecule has 1 atom stereocenters. The third kappa shape index (κ3) is 5.95. The Morgan fingerprint density at radius 1 is 0.788 bits per heavy atom. The maximum absolute atomic E-state index is 12.8. The van der Waals surface area contributed by atoms with Crippen LogP contribution in [-0.2, 0) is 4.79 Å². The van der Waals surface area contributed by atoms with E-state index in [0.717, 1.165) is 34.7 Å². The number of hydrogen-bond donors (Lipinski definition) is 3. The van der Waals surface area contributed by atoms with Crippen LogP contribution in [0.2, 0.25) is 0 Å². The summed E-state index contributed by atoms with van der Waals surface area (Å²) in [6.45, 7) is 3.95. The summed E-state index contributed by atoms with van der Waals surface area (Å²) in [5, 5.41) is 9.55. The van der Waals surface area contributed by atoms with Gasteiger partial charge in [-0.05, 0) is 55.3 Å². The first-order chi connectivity index (χ1) is 16.1. The van der Waals surface area contributed by atoms with Gasteiger partial charge in [-0.3, -0.25) is 4.79 Å². The fraction of sp³-hybridized carbons (Fsp3) is 0.148. The average Bonchev–Trinajstić information content (AvgIpc) is 2.82. The lowest BCUT2D eigenvalue weighted by Crippen LogP contribution is -2.20. The van der Waals surface area contributed by atoms with Crippen LogP contribution in [0.3, 0.4) is 0 Å². The Morgan fingerprint density at radius 2 is 1.39 bits per heavy atom. The molecule has 3 N–H and O–H groups in total. The molecule has 0 saturated heterocycles. The Labute approximate surface area is 194 Å². The van der Waals surface area contributed by atoms with Crippen molar-refractivity contribution in [3.63, 3.8) is 0 Å². The van der Waals surface area contributed by atoms with Gasteiger partial charge in [-0.15, -0.1) is 0 Å². The number of carbonyl (C=O) groups excluding carboxylic acids is 1. The molecule has 0 aliphatic rings. The van der Waals surface area contributed by atoms with Crippen LogP contribution >= 0.6 is 0 Å². The first-order valence-electron chi connectivity index (χ1n) is 11.0. The molecule has 1 amide bonds. The Hall–Kier alpha value is -4.19. The van der Waals surface area contributed by atoms with E-state index in [0.29, 0.717) is 11.8 Å². The SMILES string of the molecule is CC[C@@H](C(=O)Nc1ccc(Nc2nc(C)cc(Nc3ccccc3)n2)cc1)c1ccccc1. The fourth-order valence-electron chi connectivity index (χ4n) is 3.61. The van der Waals surface area contributed by atoms with Crippen LogP contribution in [-0.4, -0.2) is 15.9 Å². The number of anilines is 5. The molecule has 0 aliphatic heterocycles. The Kier molecular flexibility index (Phi) is 6.95. The van der Waals surface area contributed by atoms with Crippen LogP contribution < -0.4 is 16.0 Å². The van der Waals surface area contributed by atoms with Gasteiger partial charge in [0.25, 0.3) is 0 Å². The van der Waals surface area contributed by atoms with Gasteiger partial charge >= 0.3 is 0 Å². The van der Waals surface area contributed by atoms with Gasteiger partial charge in [0.2, 0.25) is 11.9 Å². The van der Waals surface area contributed by atoms with Crippen molar-refractivity contribution in [3.8, 4) is 0 Å². The van der Waals surface area contributed by atoms with Crippen LogP contribution in [0.1, 0.15) is 30.5 Å². The van der Waals surface area contributed by atoms with Crippen molar-refractivity contribution in [1.29, 1.82) is 0 Å². The lowest BCUT2D eigenvalue weighted by Gasteiger charge is -2.16. The molecular weight excluding hydrogens is 410 g/mol. The third-order valence-electron chi connectivity index (χ3n) is 5.24. The van der Waals surface area contributed by atoms with Crippen molar-refractivity contribution < 1.29 is 4.79 Å². The molecule has 166 valence electrons. The number of hydrogen-bond acceptors (Lipinski definition) is 5. The number of rotatable bonds is 8. The summed E-state index contributed by atoms with van der Waals surface area (Å²) in [5.74, 6) is 1.02.